The zero-order valence-electron chi connectivity index (χ0n) is 19.3. The van der Waals surface area contributed by atoms with E-state index in [2.05, 4.69) is 15.8 Å². The lowest BCUT2D eigenvalue weighted by Crippen LogP contribution is -2.55. The summed E-state index contributed by atoms with van der Waals surface area (Å²) in [6, 6.07) is 11.5. The van der Waals surface area contributed by atoms with Crippen molar-refractivity contribution in [1.29, 1.82) is 0 Å². The Hall–Kier alpha value is -3.96. The van der Waals surface area contributed by atoms with E-state index < -0.39 is 29.8 Å². The van der Waals surface area contributed by atoms with E-state index in [1.165, 1.54) is 28.0 Å². The fourth-order valence-corrected chi connectivity index (χ4v) is 4.21. The number of aryl methyl sites for hydroxylation is 1. The molecule has 188 valence electrons. The van der Waals surface area contributed by atoms with E-state index in [0.717, 1.165) is 6.07 Å². The monoisotopic (exact) mass is 514 g/mol. The average molecular weight is 515 g/mol. The van der Waals surface area contributed by atoms with Crippen LogP contribution in [0.4, 0.5) is 14.9 Å². The Morgan fingerprint density at radius 1 is 1.17 bits per heavy atom. The van der Waals surface area contributed by atoms with E-state index in [0.29, 0.717) is 10.6 Å². The van der Waals surface area contributed by atoms with Crippen LogP contribution in [0.1, 0.15) is 16.1 Å². The van der Waals surface area contributed by atoms with Crippen LogP contribution in [0.5, 0.6) is 0 Å². The molecule has 1 aromatic heterocycles. The molecule has 1 saturated heterocycles. The predicted octanol–water partition coefficient (Wildman–Crippen LogP) is 2.83. The molecule has 1 fully saturated rings. The second-order valence-corrected chi connectivity index (χ2v) is 8.44. The summed E-state index contributed by atoms with van der Waals surface area (Å²) in [6.07, 6.45) is -1.29. The summed E-state index contributed by atoms with van der Waals surface area (Å²) in [5.74, 6) is -1.44. The molecule has 0 spiro atoms. The third-order valence-corrected chi connectivity index (χ3v) is 5.98. The highest BCUT2D eigenvalue weighted by molar-refractivity contribution is 6.33. The van der Waals surface area contributed by atoms with Crippen molar-refractivity contribution in [2.24, 2.45) is 5.73 Å². The molecule has 2 aromatic carbocycles. The van der Waals surface area contributed by atoms with E-state index in [1.54, 1.807) is 31.2 Å². The molecule has 0 aliphatic carbocycles. The SMILES string of the molecule is Cc1onc(-c2ccccc2Cl)c1C(=O)N1CCN(C(=O)Nc2cccc(F)c2)C1C(=O)NCCN. The van der Waals surface area contributed by atoms with Gasteiger partial charge in [0.05, 0.1) is 5.02 Å². The summed E-state index contributed by atoms with van der Waals surface area (Å²) in [5.41, 5.74) is 6.58. The summed E-state index contributed by atoms with van der Waals surface area (Å²) in [6.45, 7) is 2.01. The van der Waals surface area contributed by atoms with Gasteiger partial charge in [-0.15, -0.1) is 0 Å². The van der Waals surface area contributed by atoms with Crippen LogP contribution in [-0.4, -0.2) is 65.1 Å². The van der Waals surface area contributed by atoms with E-state index in [4.69, 9.17) is 21.9 Å². The Bertz CT molecular complexity index is 1300. The molecule has 1 aliphatic rings. The summed E-state index contributed by atoms with van der Waals surface area (Å²) in [7, 11) is 0. The zero-order valence-corrected chi connectivity index (χ0v) is 20.1. The number of hydrogen-bond donors (Lipinski definition) is 3. The largest absolute Gasteiger partial charge is 0.360 e. The van der Waals surface area contributed by atoms with Crippen molar-refractivity contribution in [3.8, 4) is 11.3 Å². The number of carbonyl (C=O) groups is 3. The number of rotatable bonds is 6. The molecule has 12 heteroatoms. The number of aromatic nitrogens is 1. The van der Waals surface area contributed by atoms with Gasteiger partial charge in [-0.05, 0) is 31.2 Å². The Kier molecular flexibility index (Phi) is 7.51. The van der Waals surface area contributed by atoms with Gasteiger partial charge in [-0.25, -0.2) is 9.18 Å². The molecular weight excluding hydrogens is 491 g/mol. The molecular formula is C24H24ClFN6O4. The molecule has 4 amide bonds. The summed E-state index contributed by atoms with van der Waals surface area (Å²) >= 11 is 6.32. The fraction of sp³-hybridized carbons (Fsp3) is 0.250. The van der Waals surface area contributed by atoms with Crippen molar-refractivity contribution in [3.05, 3.63) is 70.7 Å². The molecule has 0 bridgehead atoms. The molecule has 1 atom stereocenters. The van der Waals surface area contributed by atoms with Gasteiger partial charge in [-0.1, -0.05) is 41.0 Å². The maximum Gasteiger partial charge on any atom is 0.323 e. The van der Waals surface area contributed by atoms with Crippen LogP contribution in [0, 0.1) is 12.7 Å². The topological polar surface area (TPSA) is 134 Å². The standard InChI is InChI=1S/C24H24ClFN6O4/c1-14-19(20(30-36-14)17-7-2-3-8-18(17)25)23(34)31-11-12-32(22(31)21(33)28-10-9-27)24(35)29-16-6-4-5-15(26)13-16/h2-8,13,22H,9-12,27H2,1H3,(H,28,33)(H,29,35). The lowest BCUT2D eigenvalue weighted by Gasteiger charge is -2.29. The van der Waals surface area contributed by atoms with Gasteiger partial charge in [0.2, 0.25) is 0 Å². The van der Waals surface area contributed by atoms with Crippen molar-refractivity contribution in [2.45, 2.75) is 13.1 Å². The molecule has 36 heavy (non-hydrogen) atoms. The number of urea groups is 1. The van der Waals surface area contributed by atoms with Gasteiger partial charge >= 0.3 is 6.03 Å². The van der Waals surface area contributed by atoms with Crippen molar-refractivity contribution in [1.82, 2.24) is 20.3 Å². The molecule has 2 heterocycles. The second kappa shape index (κ2) is 10.8. The van der Waals surface area contributed by atoms with Crippen LogP contribution >= 0.6 is 11.6 Å². The van der Waals surface area contributed by atoms with Crippen molar-refractivity contribution >= 4 is 35.1 Å². The van der Waals surface area contributed by atoms with E-state index >= 15 is 0 Å². The number of halogens is 2. The highest BCUT2D eigenvalue weighted by Crippen LogP contribution is 2.33. The summed E-state index contributed by atoms with van der Waals surface area (Å²) < 4.78 is 18.9. The minimum absolute atomic E-state index is 0.0549. The lowest BCUT2D eigenvalue weighted by atomic mass is 10.0. The zero-order chi connectivity index (χ0) is 25.8. The number of nitrogens with zero attached hydrogens (tertiary/aromatic N) is 3. The number of anilines is 1. The van der Waals surface area contributed by atoms with E-state index in [9.17, 15) is 18.8 Å². The molecule has 3 aromatic rings. The highest BCUT2D eigenvalue weighted by Gasteiger charge is 2.44. The number of carbonyl (C=O) groups excluding carboxylic acids is 3. The smallest absolute Gasteiger partial charge is 0.323 e. The van der Waals surface area contributed by atoms with Gasteiger partial charge in [0.15, 0.2) is 6.17 Å². The van der Waals surface area contributed by atoms with Crippen LogP contribution in [-0.2, 0) is 4.79 Å². The number of nitrogens with one attached hydrogen (secondary N) is 2. The molecule has 0 radical (unpaired) electrons. The first-order valence-corrected chi connectivity index (χ1v) is 11.5. The predicted molar refractivity (Wildman–Crippen MR) is 131 cm³/mol. The van der Waals surface area contributed by atoms with Crippen molar-refractivity contribution < 1.29 is 23.3 Å². The molecule has 4 rings (SSSR count). The molecule has 0 saturated carbocycles. The lowest BCUT2D eigenvalue weighted by molar-refractivity contribution is -0.127. The van der Waals surface area contributed by atoms with Crippen LogP contribution < -0.4 is 16.4 Å². The van der Waals surface area contributed by atoms with Gasteiger partial charge in [-0.3, -0.25) is 14.5 Å². The van der Waals surface area contributed by atoms with Crippen LogP contribution in [0.15, 0.2) is 53.1 Å². The molecule has 10 nitrogen and oxygen atoms in total. The van der Waals surface area contributed by atoms with Crippen LogP contribution in [0.25, 0.3) is 11.3 Å². The van der Waals surface area contributed by atoms with Gasteiger partial charge in [0.1, 0.15) is 22.8 Å². The van der Waals surface area contributed by atoms with Crippen LogP contribution in [0.3, 0.4) is 0 Å². The first-order valence-electron chi connectivity index (χ1n) is 11.1. The maximum absolute atomic E-state index is 13.8. The normalized spacial score (nSPS) is 15.2. The molecule has 4 N–H and O–H groups in total. The average Bonchev–Trinajstić information content (AvgIpc) is 3.47. The summed E-state index contributed by atoms with van der Waals surface area (Å²) in [4.78, 5) is 42.4. The molecule has 1 unspecified atom stereocenters. The maximum atomic E-state index is 13.8. The Morgan fingerprint density at radius 2 is 1.92 bits per heavy atom. The van der Waals surface area contributed by atoms with Gasteiger partial charge in [0, 0.05) is 37.4 Å². The quantitative estimate of drug-likeness (QED) is 0.463. The van der Waals surface area contributed by atoms with E-state index in [-0.39, 0.29) is 48.9 Å². The van der Waals surface area contributed by atoms with Crippen LogP contribution in [0.2, 0.25) is 5.02 Å². The first-order chi connectivity index (χ1) is 17.3. The fourth-order valence-electron chi connectivity index (χ4n) is 3.99. The minimum Gasteiger partial charge on any atom is -0.360 e. The number of amides is 4. The minimum atomic E-state index is -1.29. The second-order valence-electron chi connectivity index (χ2n) is 8.03. The summed E-state index contributed by atoms with van der Waals surface area (Å²) in [5, 5.41) is 9.60. The van der Waals surface area contributed by atoms with Gasteiger partial charge in [-0.2, -0.15) is 0 Å². The van der Waals surface area contributed by atoms with E-state index in [1.807, 2.05) is 0 Å². The Labute approximate surface area is 211 Å². The number of hydrogen-bond acceptors (Lipinski definition) is 6. The van der Waals surface area contributed by atoms with Crippen molar-refractivity contribution in [3.63, 3.8) is 0 Å². The Balaban J connectivity index is 1.66. The number of benzene rings is 2. The van der Waals surface area contributed by atoms with Crippen molar-refractivity contribution in [2.75, 3.05) is 31.5 Å². The third kappa shape index (κ3) is 5.02. The molecule has 1 aliphatic heterocycles. The Morgan fingerprint density at radius 3 is 2.64 bits per heavy atom. The number of nitrogens with two attached hydrogens (primary N) is 1. The van der Waals surface area contributed by atoms with Gasteiger partial charge < -0.3 is 25.8 Å². The van der Waals surface area contributed by atoms with Gasteiger partial charge in [0.25, 0.3) is 11.8 Å². The third-order valence-electron chi connectivity index (χ3n) is 5.65. The first kappa shape index (κ1) is 25.1. The highest BCUT2D eigenvalue weighted by atomic mass is 35.5.